The topological polar surface area (TPSA) is 69.6 Å². The van der Waals surface area contributed by atoms with Gasteiger partial charge in [-0.1, -0.05) is 26.2 Å². The molecule has 2 aromatic carbocycles. The number of pyridine rings is 3. The van der Waals surface area contributed by atoms with Crippen molar-refractivity contribution in [2.45, 2.75) is 116 Å². The fraction of sp³-hybridized carbons (Fsp3) is 0.404. The van der Waals surface area contributed by atoms with Gasteiger partial charge in [0.1, 0.15) is 0 Å². The first kappa shape index (κ1) is 41.0. The second-order valence-electron chi connectivity index (χ2n) is 17.8. The third kappa shape index (κ3) is 8.40. The molecule has 0 N–H and O–H groups in total. The summed E-state index contributed by atoms with van der Waals surface area (Å²) in [7, 11) is 0. The van der Waals surface area contributed by atoms with Crippen molar-refractivity contribution in [1.82, 2.24) is 24.5 Å². The number of aromatic nitrogens is 5. The first-order valence-electron chi connectivity index (χ1n) is 19.7. The minimum Gasteiger partial charge on any atom is -0.486 e. The summed E-state index contributed by atoms with van der Waals surface area (Å²) in [6, 6.07) is 24.0. The zero-order valence-corrected chi connectivity index (χ0v) is 38.9. The smallest absolute Gasteiger partial charge is 0.216 e. The number of hydrogen-bond donors (Lipinski definition) is 0. The first-order valence-corrected chi connectivity index (χ1v) is 27.1. The molecule has 0 amide bonds. The standard InChI is InChI=1S/C25H25N4O.C22H30GeN.Ir/c1-14(2)29-22-15(3)26-12-11-19(22)27-23(29)16-7-9-20-18(13-16)17-8-10-21(25(4,5)6)28-24(17)30-20;1-16(2)13-18-14-22(24-15-21(18)23(3,4)5)20-12-8-10-17-9-6-7-11-19(17)20;/h8-14H,1-6H3;8,10,14-16H,6-7,9,11,13H2,1-5H3;/q2*-1;. The Morgan fingerprint density at radius 3 is 2.38 bits per heavy atom. The van der Waals surface area contributed by atoms with Gasteiger partial charge in [-0.2, -0.15) is 0 Å². The van der Waals surface area contributed by atoms with Crippen LogP contribution in [0.5, 0.6) is 0 Å². The van der Waals surface area contributed by atoms with E-state index in [1.807, 2.05) is 25.3 Å². The van der Waals surface area contributed by atoms with Crippen LogP contribution in [-0.2, 0) is 44.8 Å². The van der Waals surface area contributed by atoms with Crippen molar-refractivity contribution >= 4 is 50.8 Å². The van der Waals surface area contributed by atoms with E-state index < -0.39 is 13.3 Å². The van der Waals surface area contributed by atoms with Crippen molar-refractivity contribution < 1.29 is 24.5 Å². The zero-order chi connectivity index (χ0) is 38.5. The Morgan fingerprint density at radius 1 is 0.909 bits per heavy atom. The monoisotopic (exact) mass is 972 g/mol. The Hall–Kier alpha value is -3.65. The second-order valence-corrected chi connectivity index (χ2v) is 28.4. The first-order chi connectivity index (χ1) is 25.6. The molecular formula is C47H55GeIrN5O-2. The van der Waals surface area contributed by atoms with Crippen molar-refractivity contribution in [3.05, 3.63) is 101 Å². The zero-order valence-electron chi connectivity index (χ0n) is 34.4. The normalized spacial score (nSPS) is 13.3. The fourth-order valence-electron chi connectivity index (χ4n) is 7.90. The van der Waals surface area contributed by atoms with Gasteiger partial charge in [0.25, 0.3) is 0 Å². The third-order valence-electron chi connectivity index (χ3n) is 10.6. The summed E-state index contributed by atoms with van der Waals surface area (Å²) in [5.41, 5.74) is 13.3. The van der Waals surface area contributed by atoms with Gasteiger partial charge in [-0.25, -0.2) is 4.98 Å². The van der Waals surface area contributed by atoms with Crippen molar-refractivity contribution in [1.29, 1.82) is 0 Å². The van der Waals surface area contributed by atoms with E-state index in [-0.39, 0.29) is 31.6 Å². The Labute approximate surface area is 343 Å². The van der Waals surface area contributed by atoms with E-state index in [0.717, 1.165) is 62.3 Å². The molecule has 0 unspecified atom stereocenters. The molecule has 0 saturated heterocycles. The van der Waals surface area contributed by atoms with Gasteiger partial charge in [0.2, 0.25) is 5.71 Å². The van der Waals surface area contributed by atoms with E-state index in [0.29, 0.717) is 11.6 Å². The van der Waals surface area contributed by atoms with Crippen LogP contribution in [0.2, 0.25) is 17.3 Å². The molecule has 6 nitrogen and oxygen atoms in total. The molecule has 1 aliphatic rings. The Kier molecular flexibility index (Phi) is 12.0. The van der Waals surface area contributed by atoms with Crippen LogP contribution in [-0.4, -0.2) is 37.8 Å². The Bertz CT molecular complexity index is 2480. The molecule has 0 bridgehead atoms. The largest absolute Gasteiger partial charge is 0.486 e. The molecule has 0 atom stereocenters. The summed E-state index contributed by atoms with van der Waals surface area (Å²) in [6.07, 6.45) is 10.2. The van der Waals surface area contributed by atoms with E-state index in [1.54, 1.807) is 4.40 Å². The average molecular weight is 971 g/mol. The number of nitrogens with zero attached hydrogens (tertiary/aromatic N) is 5. The van der Waals surface area contributed by atoms with Gasteiger partial charge >= 0.3 is 150 Å². The van der Waals surface area contributed by atoms with Crippen LogP contribution in [0.4, 0.5) is 0 Å². The number of hydrogen-bond acceptors (Lipinski definition) is 5. The molecule has 8 heteroatoms. The molecular weight excluding hydrogens is 915 g/mol. The van der Waals surface area contributed by atoms with Crippen LogP contribution in [0.15, 0.2) is 65.3 Å². The van der Waals surface area contributed by atoms with E-state index >= 15 is 0 Å². The van der Waals surface area contributed by atoms with Gasteiger partial charge in [-0.3, -0.25) is 9.97 Å². The van der Waals surface area contributed by atoms with Crippen LogP contribution in [0, 0.1) is 25.0 Å². The molecule has 289 valence electrons. The molecule has 7 aromatic rings. The number of benzene rings is 2. The second kappa shape index (κ2) is 16.1. The minimum absolute atomic E-state index is 0. The van der Waals surface area contributed by atoms with Gasteiger partial charge in [-0.15, -0.1) is 23.8 Å². The maximum Gasteiger partial charge on any atom is 0.216 e. The summed E-state index contributed by atoms with van der Waals surface area (Å²) >= 11 is -1.90. The molecule has 0 spiro atoms. The minimum atomic E-state index is -1.90. The quantitative estimate of drug-likeness (QED) is 0.123. The summed E-state index contributed by atoms with van der Waals surface area (Å²) in [4.78, 5) is 19.1. The third-order valence-corrected chi connectivity index (χ3v) is 14.9. The van der Waals surface area contributed by atoms with Gasteiger partial charge < -0.3 is 8.98 Å². The molecule has 1 aliphatic carbocycles. The molecule has 5 heterocycles. The Morgan fingerprint density at radius 2 is 1.67 bits per heavy atom. The Balaban J connectivity index is 0.000000188. The maximum atomic E-state index is 6.06. The van der Waals surface area contributed by atoms with Crippen molar-refractivity contribution in [2.75, 3.05) is 0 Å². The van der Waals surface area contributed by atoms with Crippen molar-refractivity contribution in [3.8, 4) is 22.6 Å². The molecule has 0 aliphatic heterocycles. The average Bonchev–Trinajstić information content (AvgIpc) is 3.70. The van der Waals surface area contributed by atoms with E-state index in [1.165, 1.54) is 47.9 Å². The number of aryl methyl sites for hydroxylation is 2. The molecule has 55 heavy (non-hydrogen) atoms. The predicted octanol–water partition coefficient (Wildman–Crippen LogP) is 11.5. The number of fused-ring (bicyclic) bond motifs is 5. The van der Waals surface area contributed by atoms with Gasteiger partial charge in [-0.05, 0) is 39.0 Å². The molecule has 8 rings (SSSR count). The molecule has 0 saturated carbocycles. The van der Waals surface area contributed by atoms with Crippen LogP contribution in [0.1, 0.15) is 95.4 Å². The fourth-order valence-corrected chi connectivity index (χ4v) is 11.2. The van der Waals surface area contributed by atoms with Crippen molar-refractivity contribution in [3.63, 3.8) is 0 Å². The van der Waals surface area contributed by atoms with E-state index in [4.69, 9.17) is 19.4 Å². The summed E-state index contributed by atoms with van der Waals surface area (Å²) in [5, 5.41) is 2.04. The molecule has 5 aromatic heterocycles. The van der Waals surface area contributed by atoms with Crippen molar-refractivity contribution in [2.24, 2.45) is 5.92 Å². The maximum absolute atomic E-state index is 6.06. The van der Waals surface area contributed by atoms with Gasteiger partial charge in [0.15, 0.2) is 0 Å². The predicted molar refractivity (Wildman–Crippen MR) is 227 cm³/mol. The molecule has 1 radical (unpaired) electrons. The van der Waals surface area contributed by atoms with Crippen LogP contribution in [0.3, 0.4) is 0 Å². The molecule has 0 fully saturated rings. The SMILES string of the molecule is CC(C)Cc1cc(-c2[c-]ccc3c2CCCC3)nc[c]1[Ge]([CH3])([CH3])[CH3].Cc1nccc2nc(-c3[c-]cc4oc5nc(C(C)(C)C)ccc5c4c3)n(C(C)C)c12.[Ir]. The van der Waals surface area contributed by atoms with E-state index in [9.17, 15) is 0 Å². The number of rotatable bonds is 6. The summed E-state index contributed by atoms with van der Waals surface area (Å²) < 4.78 is 9.87. The van der Waals surface area contributed by atoms with Gasteiger partial charge in [0.05, 0.1) is 28.1 Å². The summed E-state index contributed by atoms with van der Waals surface area (Å²) in [5.74, 6) is 8.98. The van der Waals surface area contributed by atoms with Crippen LogP contribution >= 0.6 is 0 Å². The van der Waals surface area contributed by atoms with E-state index in [2.05, 4.69) is 130 Å². The van der Waals surface area contributed by atoms with Gasteiger partial charge in [0, 0.05) is 48.8 Å². The van der Waals surface area contributed by atoms with Crippen LogP contribution < -0.4 is 4.40 Å². The number of imidazole rings is 1. The summed E-state index contributed by atoms with van der Waals surface area (Å²) in [6.45, 7) is 17.5. The van der Waals surface area contributed by atoms with Crippen LogP contribution in [0.25, 0.3) is 55.7 Å². The number of furan rings is 1.